The van der Waals surface area contributed by atoms with E-state index in [9.17, 15) is 0 Å². The Bertz CT molecular complexity index is 1490. The Morgan fingerprint density at radius 2 is 1.88 bits per heavy atom. The van der Waals surface area contributed by atoms with E-state index in [1.54, 1.807) is 11.1 Å². The SMILES string of the molecule is IC1C=CC2=C(C1)C(C1=CC=CCC1)(C1C=CC=CC1)c1ccc3c(oc4ccccc43)c12. The highest BCUT2D eigenvalue weighted by Gasteiger charge is 2.52. The third kappa shape index (κ3) is 2.70. The number of fused-ring (bicyclic) bond motifs is 6. The minimum absolute atomic E-state index is 0.0992. The maximum absolute atomic E-state index is 6.60. The zero-order valence-corrected chi connectivity index (χ0v) is 20.6. The summed E-state index contributed by atoms with van der Waals surface area (Å²) >= 11 is 2.61. The lowest BCUT2D eigenvalue weighted by Crippen LogP contribution is -2.38. The fourth-order valence-electron chi connectivity index (χ4n) is 6.69. The number of halogens is 1. The Labute approximate surface area is 208 Å². The lowest BCUT2D eigenvalue weighted by molar-refractivity contribution is 0.416. The molecule has 0 fully saturated rings. The fraction of sp³-hybridized carbons (Fsp3) is 0.226. The predicted octanol–water partition coefficient (Wildman–Crippen LogP) is 8.76. The van der Waals surface area contributed by atoms with Gasteiger partial charge in [0.2, 0.25) is 0 Å². The minimum atomic E-state index is -0.0992. The van der Waals surface area contributed by atoms with E-state index in [1.807, 2.05) is 0 Å². The molecule has 0 saturated carbocycles. The topological polar surface area (TPSA) is 13.1 Å². The maximum atomic E-state index is 6.60. The van der Waals surface area contributed by atoms with Gasteiger partial charge in [-0.05, 0) is 54.4 Å². The van der Waals surface area contributed by atoms with Gasteiger partial charge in [0, 0.05) is 25.7 Å². The van der Waals surface area contributed by atoms with Crippen LogP contribution in [-0.2, 0) is 5.41 Å². The first-order valence-corrected chi connectivity index (χ1v) is 13.2. The molecule has 3 atom stereocenters. The second-order valence-corrected chi connectivity index (χ2v) is 11.2. The summed E-state index contributed by atoms with van der Waals surface area (Å²) in [7, 11) is 0. The van der Waals surface area contributed by atoms with E-state index in [1.165, 1.54) is 27.5 Å². The van der Waals surface area contributed by atoms with Crippen molar-refractivity contribution in [3.8, 4) is 0 Å². The molecule has 0 spiro atoms. The standard InChI is InChI=1S/C31H25IO/c32-22-15-16-25-27(19-22)31(20-9-3-1-4-10-20,21-11-5-2-6-12-21)26-18-17-24-23-13-7-8-14-28(23)33-30(24)29(25)26/h1-5,7-9,11,13-18,20,22H,6,10,12,19H2. The number of rotatable bonds is 2. The third-order valence-electron chi connectivity index (χ3n) is 7.97. The summed E-state index contributed by atoms with van der Waals surface area (Å²) in [5.74, 6) is 0.420. The predicted molar refractivity (Wildman–Crippen MR) is 147 cm³/mol. The van der Waals surface area contributed by atoms with Crippen molar-refractivity contribution in [2.75, 3.05) is 0 Å². The average molecular weight is 540 g/mol. The van der Waals surface area contributed by atoms with E-state index in [2.05, 4.69) is 114 Å². The van der Waals surface area contributed by atoms with Crippen LogP contribution in [0.25, 0.3) is 27.5 Å². The molecule has 162 valence electrons. The van der Waals surface area contributed by atoms with Crippen molar-refractivity contribution in [3.63, 3.8) is 0 Å². The Balaban J connectivity index is 1.61. The van der Waals surface area contributed by atoms with Crippen molar-refractivity contribution in [2.45, 2.75) is 35.0 Å². The highest BCUT2D eigenvalue weighted by atomic mass is 127. The molecule has 33 heavy (non-hydrogen) atoms. The Morgan fingerprint density at radius 1 is 0.939 bits per heavy atom. The van der Waals surface area contributed by atoms with Crippen LogP contribution in [0.4, 0.5) is 0 Å². The van der Waals surface area contributed by atoms with Crippen molar-refractivity contribution in [3.05, 3.63) is 113 Å². The van der Waals surface area contributed by atoms with Crippen LogP contribution in [0.15, 0.2) is 107 Å². The molecule has 0 aliphatic heterocycles. The van der Waals surface area contributed by atoms with Gasteiger partial charge in [0.1, 0.15) is 11.2 Å². The van der Waals surface area contributed by atoms with Crippen LogP contribution < -0.4 is 0 Å². The van der Waals surface area contributed by atoms with Crippen molar-refractivity contribution in [2.24, 2.45) is 5.92 Å². The molecule has 0 N–H and O–H groups in total. The van der Waals surface area contributed by atoms with Gasteiger partial charge in [-0.1, -0.05) is 113 Å². The molecular formula is C31H25IO. The molecule has 0 bridgehead atoms. The third-order valence-corrected chi connectivity index (χ3v) is 8.83. The van der Waals surface area contributed by atoms with Gasteiger partial charge in [0.05, 0.1) is 0 Å². The zero-order valence-electron chi connectivity index (χ0n) is 18.4. The van der Waals surface area contributed by atoms with Crippen LogP contribution in [0.5, 0.6) is 0 Å². The van der Waals surface area contributed by atoms with Crippen LogP contribution in [0.2, 0.25) is 0 Å². The Hall–Kier alpha value is -2.59. The summed E-state index contributed by atoms with van der Waals surface area (Å²) in [5.41, 5.74) is 9.28. The van der Waals surface area contributed by atoms with Gasteiger partial charge in [-0.25, -0.2) is 0 Å². The molecule has 7 rings (SSSR count). The summed E-state index contributed by atoms with van der Waals surface area (Å²) in [4.78, 5) is 0. The zero-order chi connectivity index (χ0) is 22.0. The highest BCUT2D eigenvalue weighted by Crippen LogP contribution is 2.62. The molecule has 2 heteroatoms. The first-order chi connectivity index (χ1) is 16.3. The van der Waals surface area contributed by atoms with Crippen LogP contribution in [-0.4, -0.2) is 3.92 Å². The molecule has 4 aliphatic rings. The van der Waals surface area contributed by atoms with E-state index in [0.717, 1.165) is 36.8 Å². The van der Waals surface area contributed by atoms with Crippen LogP contribution >= 0.6 is 22.6 Å². The van der Waals surface area contributed by atoms with Crippen molar-refractivity contribution in [1.82, 2.24) is 0 Å². The van der Waals surface area contributed by atoms with Gasteiger partial charge < -0.3 is 4.42 Å². The number of hydrogen-bond acceptors (Lipinski definition) is 1. The second kappa shape index (κ2) is 7.46. The van der Waals surface area contributed by atoms with Gasteiger partial charge >= 0.3 is 0 Å². The quantitative estimate of drug-likeness (QED) is 0.234. The summed E-state index contributed by atoms with van der Waals surface area (Å²) < 4.78 is 7.12. The maximum Gasteiger partial charge on any atom is 0.143 e. The fourth-order valence-corrected chi connectivity index (χ4v) is 7.34. The van der Waals surface area contributed by atoms with Gasteiger partial charge in [-0.2, -0.15) is 0 Å². The highest BCUT2D eigenvalue weighted by molar-refractivity contribution is 14.1. The second-order valence-electron chi connectivity index (χ2n) is 9.56. The van der Waals surface area contributed by atoms with Crippen molar-refractivity contribution in [1.29, 1.82) is 0 Å². The van der Waals surface area contributed by atoms with E-state index in [4.69, 9.17) is 4.42 Å². The largest absolute Gasteiger partial charge is 0.455 e. The van der Waals surface area contributed by atoms with E-state index in [0.29, 0.717) is 9.84 Å². The lowest BCUT2D eigenvalue weighted by Gasteiger charge is -2.44. The number of para-hydroxylation sites is 1. The summed E-state index contributed by atoms with van der Waals surface area (Å²) in [5, 5.41) is 2.44. The van der Waals surface area contributed by atoms with E-state index in [-0.39, 0.29) is 5.41 Å². The van der Waals surface area contributed by atoms with Crippen LogP contribution in [0, 0.1) is 5.92 Å². The number of hydrogen-bond donors (Lipinski definition) is 0. The molecule has 3 aromatic rings. The van der Waals surface area contributed by atoms with Crippen molar-refractivity contribution >= 4 is 50.1 Å². The van der Waals surface area contributed by atoms with Gasteiger partial charge in [0.15, 0.2) is 0 Å². The van der Waals surface area contributed by atoms with E-state index >= 15 is 0 Å². The first-order valence-electron chi connectivity index (χ1n) is 12.0. The summed E-state index contributed by atoms with van der Waals surface area (Å²) in [6, 6.07) is 13.2. The normalized spacial score (nSPS) is 28.0. The molecule has 0 radical (unpaired) electrons. The number of alkyl halides is 1. The smallest absolute Gasteiger partial charge is 0.143 e. The molecule has 1 aromatic heterocycles. The Morgan fingerprint density at radius 3 is 2.73 bits per heavy atom. The molecule has 2 aromatic carbocycles. The molecule has 1 heterocycles. The average Bonchev–Trinajstić information content (AvgIpc) is 3.38. The summed E-state index contributed by atoms with van der Waals surface area (Å²) in [6.45, 7) is 0. The molecule has 1 nitrogen and oxygen atoms in total. The number of allylic oxidation sites excluding steroid dienone is 12. The number of furan rings is 1. The first kappa shape index (κ1) is 19.8. The summed E-state index contributed by atoms with van der Waals surface area (Å²) in [6.07, 6.45) is 25.5. The van der Waals surface area contributed by atoms with E-state index < -0.39 is 0 Å². The van der Waals surface area contributed by atoms with Crippen LogP contribution in [0.1, 0.15) is 36.8 Å². The van der Waals surface area contributed by atoms with Crippen molar-refractivity contribution < 1.29 is 4.42 Å². The molecular weight excluding hydrogens is 515 g/mol. The minimum Gasteiger partial charge on any atom is -0.455 e. The number of benzene rings is 2. The molecule has 0 amide bonds. The van der Waals surface area contributed by atoms with Gasteiger partial charge in [-0.3, -0.25) is 0 Å². The molecule has 3 unspecified atom stereocenters. The molecule has 4 aliphatic carbocycles. The monoisotopic (exact) mass is 540 g/mol. The van der Waals surface area contributed by atoms with Crippen LogP contribution in [0.3, 0.4) is 0 Å². The van der Waals surface area contributed by atoms with Gasteiger partial charge in [0.25, 0.3) is 0 Å². The van der Waals surface area contributed by atoms with Gasteiger partial charge in [-0.15, -0.1) is 0 Å². The Kier molecular flexibility index (Phi) is 4.49. The lowest BCUT2D eigenvalue weighted by atomic mass is 9.59. The molecule has 0 saturated heterocycles.